The first-order valence-corrected chi connectivity index (χ1v) is 15.8. The zero-order valence-electron chi connectivity index (χ0n) is 23.0. The third-order valence-corrected chi connectivity index (χ3v) is 8.92. The van der Waals surface area contributed by atoms with Gasteiger partial charge in [0.25, 0.3) is 5.92 Å². The van der Waals surface area contributed by atoms with Crippen LogP contribution in [0, 0.1) is 12.8 Å². The smallest absolute Gasteiger partial charge is 0.271 e. The number of fused-ring (bicyclic) bond motifs is 1. The molecule has 1 saturated carbocycles. The van der Waals surface area contributed by atoms with E-state index in [1.807, 2.05) is 11.5 Å². The molecule has 220 valence electrons. The molecule has 2 aliphatic heterocycles. The van der Waals surface area contributed by atoms with E-state index >= 15 is 0 Å². The number of hydrogen-bond acceptors (Lipinski definition) is 8. The minimum atomic E-state index is -3.74. The van der Waals surface area contributed by atoms with Crippen molar-refractivity contribution in [2.45, 2.75) is 75.0 Å². The first-order chi connectivity index (χ1) is 19.5. The molecule has 0 spiro atoms. The molecular weight excluding hydrogens is 556 g/mol. The topological polar surface area (TPSA) is 124 Å². The highest BCUT2D eigenvalue weighted by Gasteiger charge is 2.37. The fraction of sp³-hybridized carbons (Fsp3) is 0.536. The summed E-state index contributed by atoms with van der Waals surface area (Å²) in [5.41, 5.74) is 2.27. The monoisotopic (exact) mass is 589 g/mol. The minimum absolute atomic E-state index is 0.00349. The van der Waals surface area contributed by atoms with E-state index in [1.165, 1.54) is 6.07 Å². The molecule has 3 aliphatic rings. The SMILES string of the molecule is Cc1nc2c(Nc3ccc(C4CCC(F)(F)CO4)cc3S(C)(=O)=O)cc(NC(=O)C3CC3)nc2n1C1CCCCO1. The lowest BCUT2D eigenvalue weighted by Gasteiger charge is -2.29. The maximum atomic E-state index is 13.6. The Labute approximate surface area is 236 Å². The highest BCUT2D eigenvalue weighted by Crippen LogP contribution is 2.39. The summed E-state index contributed by atoms with van der Waals surface area (Å²) in [6.07, 6.45) is 4.40. The van der Waals surface area contributed by atoms with E-state index in [-0.39, 0.29) is 41.5 Å². The molecule has 2 unspecified atom stereocenters. The average molecular weight is 590 g/mol. The predicted molar refractivity (Wildman–Crippen MR) is 148 cm³/mol. The van der Waals surface area contributed by atoms with Gasteiger partial charge in [0.2, 0.25) is 5.91 Å². The largest absolute Gasteiger partial charge is 0.367 e. The zero-order chi connectivity index (χ0) is 28.9. The molecule has 3 aromatic rings. The number of amides is 1. The van der Waals surface area contributed by atoms with Crippen LogP contribution < -0.4 is 10.6 Å². The number of anilines is 3. The molecule has 4 heterocycles. The number of aromatic nitrogens is 3. The van der Waals surface area contributed by atoms with Gasteiger partial charge in [0.1, 0.15) is 30.0 Å². The summed E-state index contributed by atoms with van der Waals surface area (Å²) in [6.45, 7) is 1.78. The summed E-state index contributed by atoms with van der Waals surface area (Å²) >= 11 is 0. The predicted octanol–water partition coefficient (Wildman–Crippen LogP) is 5.42. The Morgan fingerprint density at radius 2 is 1.88 bits per heavy atom. The Morgan fingerprint density at radius 3 is 2.54 bits per heavy atom. The number of nitrogens with one attached hydrogen (secondary N) is 2. The van der Waals surface area contributed by atoms with Gasteiger partial charge in [-0.05, 0) is 63.1 Å². The number of imidazole rings is 1. The summed E-state index contributed by atoms with van der Waals surface area (Å²) < 4.78 is 66.4. The molecule has 10 nitrogen and oxygen atoms in total. The van der Waals surface area contributed by atoms with Gasteiger partial charge in [0.15, 0.2) is 15.5 Å². The molecule has 2 atom stereocenters. The fourth-order valence-electron chi connectivity index (χ4n) is 5.45. The Hall–Kier alpha value is -3.16. The van der Waals surface area contributed by atoms with Crippen molar-refractivity contribution >= 4 is 44.1 Å². The van der Waals surface area contributed by atoms with Gasteiger partial charge in [-0.15, -0.1) is 0 Å². The Bertz CT molecular complexity index is 1590. The van der Waals surface area contributed by atoms with E-state index in [4.69, 9.17) is 19.4 Å². The number of rotatable bonds is 7. The van der Waals surface area contributed by atoms with Crippen LogP contribution in [0.3, 0.4) is 0 Å². The summed E-state index contributed by atoms with van der Waals surface area (Å²) in [6, 6.07) is 6.40. The van der Waals surface area contributed by atoms with E-state index < -0.39 is 28.5 Å². The van der Waals surface area contributed by atoms with Crippen LogP contribution in [0.4, 0.5) is 26.0 Å². The second-order valence-corrected chi connectivity index (χ2v) is 13.2. The lowest BCUT2D eigenvalue weighted by atomic mass is 9.99. The molecular formula is C28H33F2N5O5S. The fourth-order valence-corrected chi connectivity index (χ4v) is 6.32. The maximum Gasteiger partial charge on any atom is 0.271 e. The molecule has 41 heavy (non-hydrogen) atoms. The second-order valence-electron chi connectivity index (χ2n) is 11.2. The number of sulfone groups is 1. The average Bonchev–Trinajstić information content (AvgIpc) is 3.72. The number of benzene rings is 1. The highest BCUT2D eigenvalue weighted by atomic mass is 32.2. The Kier molecular flexibility index (Phi) is 7.23. The van der Waals surface area contributed by atoms with Crippen molar-refractivity contribution in [1.82, 2.24) is 14.5 Å². The molecule has 6 rings (SSSR count). The van der Waals surface area contributed by atoms with E-state index in [2.05, 4.69) is 10.6 Å². The first kappa shape index (κ1) is 28.0. The number of alkyl halides is 2. The van der Waals surface area contributed by atoms with Crippen LogP contribution in [0.15, 0.2) is 29.2 Å². The van der Waals surface area contributed by atoms with Gasteiger partial charge >= 0.3 is 0 Å². The number of ether oxygens (including phenoxy) is 2. The summed E-state index contributed by atoms with van der Waals surface area (Å²) in [5, 5.41) is 6.12. The molecule has 2 N–H and O–H groups in total. The number of carbonyl (C=O) groups is 1. The Morgan fingerprint density at radius 1 is 1.07 bits per heavy atom. The number of halogens is 2. The van der Waals surface area contributed by atoms with Gasteiger partial charge in [-0.1, -0.05) is 6.07 Å². The van der Waals surface area contributed by atoms with Crippen molar-refractivity contribution in [2.24, 2.45) is 5.92 Å². The van der Waals surface area contributed by atoms with Crippen LogP contribution >= 0.6 is 0 Å². The van der Waals surface area contributed by atoms with Crippen molar-refractivity contribution < 1.29 is 31.5 Å². The number of nitrogens with zero attached hydrogens (tertiary/aromatic N) is 3. The lowest BCUT2D eigenvalue weighted by molar-refractivity contribution is -0.145. The van der Waals surface area contributed by atoms with Crippen molar-refractivity contribution in [2.75, 3.05) is 30.1 Å². The number of carbonyl (C=O) groups excluding carboxylic acids is 1. The van der Waals surface area contributed by atoms with Crippen LogP contribution in [-0.2, 0) is 24.1 Å². The maximum absolute atomic E-state index is 13.6. The molecule has 13 heteroatoms. The summed E-state index contributed by atoms with van der Waals surface area (Å²) in [7, 11) is -3.74. The number of aryl methyl sites for hydroxylation is 1. The van der Waals surface area contributed by atoms with Crippen LogP contribution in [0.25, 0.3) is 11.2 Å². The van der Waals surface area contributed by atoms with Crippen molar-refractivity contribution in [1.29, 1.82) is 0 Å². The third kappa shape index (κ3) is 5.93. The van der Waals surface area contributed by atoms with Gasteiger partial charge in [-0.25, -0.2) is 27.2 Å². The molecule has 0 bridgehead atoms. The third-order valence-electron chi connectivity index (χ3n) is 7.78. The lowest BCUT2D eigenvalue weighted by Crippen LogP contribution is -2.31. The first-order valence-electron chi connectivity index (χ1n) is 13.9. The van der Waals surface area contributed by atoms with Gasteiger partial charge in [0.05, 0.1) is 22.4 Å². The number of pyridine rings is 1. The molecule has 3 fully saturated rings. The molecule has 2 aromatic heterocycles. The Balaban J connectivity index is 1.40. The van der Waals surface area contributed by atoms with Crippen LogP contribution in [0.2, 0.25) is 0 Å². The van der Waals surface area contributed by atoms with E-state index in [0.717, 1.165) is 38.4 Å². The quantitative estimate of drug-likeness (QED) is 0.374. The highest BCUT2D eigenvalue weighted by molar-refractivity contribution is 7.90. The van der Waals surface area contributed by atoms with E-state index in [9.17, 15) is 22.0 Å². The van der Waals surface area contributed by atoms with Gasteiger partial charge < -0.3 is 20.1 Å². The molecule has 1 aliphatic carbocycles. The van der Waals surface area contributed by atoms with Crippen LogP contribution in [0.5, 0.6) is 0 Å². The molecule has 0 radical (unpaired) electrons. The zero-order valence-corrected chi connectivity index (χ0v) is 23.8. The van der Waals surface area contributed by atoms with Gasteiger partial charge in [-0.3, -0.25) is 9.36 Å². The van der Waals surface area contributed by atoms with Crippen LogP contribution in [-0.4, -0.2) is 54.3 Å². The van der Waals surface area contributed by atoms with Gasteiger partial charge in [-0.2, -0.15) is 0 Å². The number of hydrogen-bond donors (Lipinski definition) is 2. The van der Waals surface area contributed by atoms with Crippen molar-refractivity contribution in [3.8, 4) is 0 Å². The second kappa shape index (κ2) is 10.6. The van der Waals surface area contributed by atoms with Gasteiger partial charge in [0, 0.05) is 31.3 Å². The normalized spacial score (nSPS) is 22.9. The van der Waals surface area contributed by atoms with E-state index in [1.54, 1.807) is 18.2 Å². The molecule has 1 amide bonds. The van der Waals surface area contributed by atoms with E-state index in [0.29, 0.717) is 40.7 Å². The molecule has 1 aromatic carbocycles. The summed E-state index contributed by atoms with van der Waals surface area (Å²) in [5.74, 6) is -2.04. The summed E-state index contributed by atoms with van der Waals surface area (Å²) in [4.78, 5) is 22.1. The standard InChI is InChI=1S/C28H33F2N5O5S/c1-16-31-25-20(14-23(34-27(36)17-6-7-17)33-26(25)35(16)24-5-3-4-12-39-24)32-19-9-8-18(13-22(19)41(2,37)38)21-10-11-28(29,30)15-40-21/h8-9,13-14,17,21,24H,3-7,10-12,15H2,1-2H3,(H2,32,33,34,36). The van der Waals surface area contributed by atoms with Crippen molar-refractivity contribution in [3.05, 3.63) is 35.7 Å². The van der Waals surface area contributed by atoms with Crippen LogP contribution in [0.1, 0.15) is 68.7 Å². The van der Waals surface area contributed by atoms with Crippen molar-refractivity contribution in [3.63, 3.8) is 0 Å². The minimum Gasteiger partial charge on any atom is -0.367 e. The molecule has 2 saturated heterocycles.